The van der Waals surface area contributed by atoms with Crippen LogP contribution in [0.5, 0.6) is 0 Å². The number of benzene rings is 1. The fraction of sp³-hybridized carbons (Fsp3) is 0.533. The zero-order valence-corrected chi connectivity index (χ0v) is 11.4. The minimum absolute atomic E-state index is 0.0152. The van der Waals surface area contributed by atoms with Crippen molar-refractivity contribution in [3.05, 3.63) is 29.8 Å². The van der Waals surface area contributed by atoms with E-state index in [9.17, 15) is 4.79 Å². The lowest BCUT2D eigenvalue weighted by atomic mass is 10.2. The topological polar surface area (TPSA) is 50.4 Å². The molecule has 0 bridgehead atoms. The average Bonchev–Trinajstić information content (AvgIpc) is 2.90. The van der Waals surface area contributed by atoms with Gasteiger partial charge in [-0.1, -0.05) is 25.0 Å². The fourth-order valence-electron chi connectivity index (χ4n) is 2.48. The van der Waals surface area contributed by atoms with Gasteiger partial charge in [-0.2, -0.15) is 0 Å². The molecule has 104 valence electrons. The first-order valence-corrected chi connectivity index (χ1v) is 6.89. The van der Waals surface area contributed by atoms with Gasteiger partial charge in [-0.25, -0.2) is 0 Å². The summed E-state index contributed by atoms with van der Waals surface area (Å²) < 4.78 is 5.08. The van der Waals surface area contributed by atoms with Crippen LogP contribution in [0.15, 0.2) is 24.3 Å². The van der Waals surface area contributed by atoms with E-state index >= 15 is 0 Å². The van der Waals surface area contributed by atoms with E-state index in [2.05, 4.69) is 10.6 Å². The third kappa shape index (κ3) is 4.65. The number of carbonyl (C=O) groups excluding carboxylic acids is 1. The Morgan fingerprint density at radius 2 is 2.16 bits per heavy atom. The maximum Gasteiger partial charge on any atom is 0.238 e. The van der Waals surface area contributed by atoms with Gasteiger partial charge in [0.2, 0.25) is 5.91 Å². The van der Waals surface area contributed by atoms with Crippen LogP contribution < -0.4 is 10.6 Å². The lowest BCUT2D eigenvalue weighted by Gasteiger charge is -2.12. The van der Waals surface area contributed by atoms with Gasteiger partial charge >= 0.3 is 0 Å². The van der Waals surface area contributed by atoms with E-state index in [1.165, 1.54) is 25.7 Å². The molecule has 1 aromatic carbocycles. The third-order valence-electron chi connectivity index (χ3n) is 3.43. The van der Waals surface area contributed by atoms with Gasteiger partial charge in [-0.15, -0.1) is 0 Å². The zero-order valence-electron chi connectivity index (χ0n) is 11.4. The molecule has 1 saturated carbocycles. The summed E-state index contributed by atoms with van der Waals surface area (Å²) in [5, 5.41) is 6.21. The summed E-state index contributed by atoms with van der Waals surface area (Å²) in [6, 6.07) is 8.26. The summed E-state index contributed by atoms with van der Waals surface area (Å²) >= 11 is 0. The number of hydrogen-bond acceptors (Lipinski definition) is 3. The molecule has 0 saturated heterocycles. The summed E-state index contributed by atoms with van der Waals surface area (Å²) in [6.45, 7) is 0.948. The third-order valence-corrected chi connectivity index (χ3v) is 3.43. The molecule has 1 aromatic rings. The van der Waals surface area contributed by atoms with Crippen LogP contribution in [0.1, 0.15) is 31.2 Å². The minimum atomic E-state index is 0.0152. The molecule has 0 unspecified atom stereocenters. The van der Waals surface area contributed by atoms with Gasteiger partial charge in [-0.05, 0) is 30.5 Å². The van der Waals surface area contributed by atoms with Crippen LogP contribution in [0.25, 0.3) is 0 Å². The van der Waals surface area contributed by atoms with Gasteiger partial charge in [0.25, 0.3) is 0 Å². The monoisotopic (exact) mass is 262 g/mol. The number of methoxy groups -OCH3 is 1. The summed E-state index contributed by atoms with van der Waals surface area (Å²) in [5.41, 5.74) is 1.89. The zero-order chi connectivity index (χ0) is 13.5. The van der Waals surface area contributed by atoms with E-state index in [1.807, 2.05) is 24.3 Å². The van der Waals surface area contributed by atoms with Gasteiger partial charge in [0.05, 0.1) is 13.2 Å². The van der Waals surface area contributed by atoms with Gasteiger partial charge in [0, 0.05) is 18.8 Å². The second kappa shape index (κ2) is 7.26. The molecule has 1 amide bonds. The van der Waals surface area contributed by atoms with Crippen LogP contribution in [0.4, 0.5) is 5.69 Å². The Labute approximate surface area is 114 Å². The Morgan fingerprint density at radius 3 is 2.89 bits per heavy atom. The normalized spacial score (nSPS) is 15.6. The smallest absolute Gasteiger partial charge is 0.238 e. The Balaban J connectivity index is 1.79. The Bertz CT molecular complexity index is 414. The van der Waals surface area contributed by atoms with E-state index in [0.717, 1.165) is 11.3 Å². The van der Waals surface area contributed by atoms with Crippen molar-refractivity contribution in [1.82, 2.24) is 5.32 Å². The van der Waals surface area contributed by atoms with E-state index in [4.69, 9.17) is 4.74 Å². The molecule has 0 radical (unpaired) electrons. The van der Waals surface area contributed by atoms with Crippen molar-refractivity contribution < 1.29 is 9.53 Å². The predicted octanol–water partition coefficient (Wildman–Crippen LogP) is 2.30. The van der Waals surface area contributed by atoms with E-state index in [-0.39, 0.29) is 5.91 Å². The standard InChI is InChI=1S/C15H22N2O2/c1-19-11-12-5-4-8-14(9-12)17-15(18)10-16-13-6-2-3-7-13/h4-5,8-9,13,16H,2-3,6-7,10-11H2,1H3,(H,17,18). The molecular formula is C15H22N2O2. The Morgan fingerprint density at radius 1 is 1.37 bits per heavy atom. The fourth-order valence-corrected chi connectivity index (χ4v) is 2.48. The molecular weight excluding hydrogens is 240 g/mol. The molecule has 0 spiro atoms. The Kier molecular flexibility index (Phi) is 5.36. The second-order valence-corrected chi connectivity index (χ2v) is 5.04. The lowest BCUT2D eigenvalue weighted by Crippen LogP contribution is -2.34. The number of amides is 1. The van der Waals surface area contributed by atoms with Crippen LogP contribution >= 0.6 is 0 Å². The van der Waals surface area contributed by atoms with Gasteiger partial charge in [0.15, 0.2) is 0 Å². The van der Waals surface area contributed by atoms with Gasteiger partial charge in [-0.3, -0.25) is 4.79 Å². The van der Waals surface area contributed by atoms with Crippen molar-refractivity contribution in [2.24, 2.45) is 0 Å². The molecule has 1 fully saturated rings. The van der Waals surface area contributed by atoms with Crippen LogP contribution in [-0.4, -0.2) is 25.6 Å². The summed E-state index contributed by atoms with van der Waals surface area (Å²) in [7, 11) is 1.66. The molecule has 4 nitrogen and oxygen atoms in total. The second-order valence-electron chi connectivity index (χ2n) is 5.04. The molecule has 0 aliphatic heterocycles. The summed E-state index contributed by atoms with van der Waals surface area (Å²) in [5.74, 6) is 0.0152. The van der Waals surface area contributed by atoms with Crippen molar-refractivity contribution in [2.45, 2.75) is 38.3 Å². The number of nitrogens with one attached hydrogen (secondary N) is 2. The first-order chi connectivity index (χ1) is 9.28. The molecule has 2 rings (SSSR count). The average molecular weight is 262 g/mol. The lowest BCUT2D eigenvalue weighted by molar-refractivity contribution is -0.115. The molecule has 4 heteroatoms. The molecule has 1 aliphatic carbocycles. The number of ether oxygens (including phenoxy) is 1. The SMILES string of the molecule is COCc1cccc(NC(=O)CNC2CCCC2)c1. The molecule has 0 aromatic heterocycles. The van der Waals surface area contributed by atoms with Crippen LogP contribution in [0.3, 0.4) is 0 Å². The van der Waals surface area contributed by atoms with Crippen LogP contribution in [-0.2, 0) is 16.1 Å². The molecule has 2 N–H and O–H groups in total. The largest absolute Gasteiger partial charge is 0.380 e. The van der Waals surface area contributed by atoms with Crippen molar-refractivity contribution in [3.8, 4) is 0 Å². The number of rotatable bonds is 6. The summed E-state index contributed by atoms with van der Waals surface area (Å²) in [4.78, 5) is 11.8. The number of hydrogen-bond donors (Lipinski definition) is 2. The first-order valence-electron chi connectivity index (χ1n) is 6.89. The first kappa shape index (κ1) is 14.0. The van der Waals surface area contributed by atoms with E-state index in [0.29, 0.717) is 19.2 Å². The van der Waals surface area contributed by atoms with E-state index < -0.39 is 0 Å². The molecule has 0 heterocycles. The number of carbonyl (C=O) groups is 1. The summed E-state index contributed by atoms with van der Waals surface area (Å²) in [6.07, 6.45) is 4.93. The van der Waals surface area contributed by atoms with Crippen molar-refractivity contribution in [1.29, 1.82) is 0 Å². The van der Waals surface area contributed by atoms with Crippen molar-refractivity contribution >= 4 is 11.6 Å². The molecule has 1 aliphatic rings. The van der Waals surface area contributed by atoms with Crippen LogP contribution in [0, 0.1) is 0 Å². The Hall–Kier alpha value is -1.39. The highest BCUT2D eigenvalue weighted by Crippen LogP contribution is 2.17. The van der Waals surface area contributed by atoms with E-state index in [1.54, 1.807) is 7.11 Å². The van der Waals surface area contributed by atoms with Crippen molar-refractivity contribution in [3.63, 3.8) is 0 Å². The minimum Gasteiger partial charge on any atom is -0.380 e. The quantitative estimate of drug-likeness (QED) is 0.827. The molecule has 0 atom stereocenters. The molecule has 19 heavy (non-hydrogen) atoms. The maximum atomic E-state index is 11.8. The van der Waals surface area contributed by atoms with Crippen molar-refractivity contribution in [2.75, 3.05) is 19.0 Å². The highest BCUT2D eigenvalue weighted by atomic mass is 16.5. The number of anilines is 1. The maximum absolute atomic E-state index is 11.8. The highest BCUT2D eigenvalue weighted by Gasteiger charge is 2.15. The van der Waals surface area contributed by atoms with Gasteiger partial charge in [0.1, 0.15) is 0 Å². The predicted molar refractivity (Wildman–Crippen MR) is 76.0 cm³/mol. The van der Waals surface area contributed by atoms with Crippen LogP contribution in [0.2, 0.25) is 0 Å². The van der Waals surface area contributed by atoms with Gasteiger partial charge < -0.3 is 15.4 Å². The highest BCUT2D eigenvalue weighted by molar-refractivity contribution is 5.92.